The molecule has 1 saturated carbocycles. The Balaban J connectivity index is 1.36. The highest BCUT2D eigenvalue weighted by Crippen LogP contribution is 2.38. The van der Waals surface area contributed by atoms with E-state index in [-0.39, 0.29) is 17.9 Å². The van der Waals surface area contributed by atoms with Gasteiger partial charge < -0.3 is 10.6 Å². The summed E-state index contributed by atoms with van der Waals surface area (Å²) in [6, 6.07) is 9.69. The molecule has 0 spiro atoms. The van der Waals surface area contributed by atoms with Gasteiger partial charge in [-0.1, -0.05) is 24.3 Å². The van der Waals surface area contributed by atoms with Crippen molar-refractivity contribution in [1.82, 2.24) is 25.6 Å². The number of rotatable bonds is 6. The fourth-order valence-electron chi connectivity index (χ4n) is 3.95. The van der Waals surface area contributed by atoms with Crippen LogP contribution in [0.15, 0.2) is 30.5 Å². The second-order valence-corrected chi connectivity index (χ2v) is 8.52. The highest BCUT2D eigenvalue weighted by atomic mass is 16.2. The van der Waals surface area contributed by atoms with Gasteiger partial charge in [-0.15, -0.1) is 5.10 Å². The van der Waals surface area contributed by atoms with Crippen LogP contribution >= 0.6 is 0 Å². The summed E-state index contributed by atoms with van der Waals surface area (Å²) < 4.78 is 1.79. The molecule has 29 heavy (non-hydrogen) atoms. The van der Waals surface area contributed by atoms with Crippen LogP contribution in [0.3, 0.4) is 0 Å². The number of nitrogens with one attached hydrogen (secondary N) is 2. The van der Waals surface area contributed by atoms with Gasteiger partial charge in [0.15, 0.2) is 0 Å². The van der Waals surface area contributed by atoms with Crippen LogP contribution in [-0.4, -0.2) is 39.0 Å². The van der Waals surface area contributed by atoms with E-state index < -0.39 is 6.04 Å². The van der Waals surface area contributed by atoms with Gasteiger partial charge >= 0.3 is 0 Å². The Bertz CT molecular complexity index is 895. The van der Waals surface area contributed by atoms with Crippen LogP contribution in [-0.2, 0) is 11.2 Å². The van der Waals surface area contributed by atoms with Crippen molar-refractivity contribution < 1.29 is 4.79 Å². The van der Waals surface area contributed by atoms with Crippen LogP contribution in [0.2, 0.25) is 0 Å². The van der Waals surface area contributed by atoms with E-state index in [9.17, 15) is 10.1 Å². The van der Waals surface area contributed by atoms with E-state index in [1.807, 2.05) is 30.5 Å². The van der Waals surface area contributed by atoms with E-state index in [1.165, 1.54) is 12.8 Å². The van der Waals surface area contributed by atoms with Gasteiger partial charge in [-0.3, -0.25) is 4.79 Å². The number of nitriles is 1. The first-order valence-electron chi connectivity index (χ1n) is 10.5. The number of carbonyl (C=O) groups is 1. The summed E-state index contributed by atoms with van der Waals surface area (Å²) in [7, 11) is 0. The molecule has 1 amide bonds. The lowest BCUT2D eigenvalue weighted by Gasteiger charge is -2.33. The van der Waals surface area contributed by atoms with Crippen LogP contribution < -0.4 is 10.6 Å². The number of hydrogen-bond donors (Lipinski definition) is 2. The third-order valence-electron chi connectivity index (χ3n) is 5.99. The maximum absolute atomic E-state index is 12.7. The standard InChI is InChI=1S/C22H28N6O/c1-14-3-4-15(2)24-21(14)22(29)25-18(12-23)11-16-5-9-19(10-6-16)28-13-20(26-27-28)17-7-8-17/h5-6,9-10,13-15,17-18,21,24H,3-4,7-8,11H2,1-2H3,(H,25,29)/t14-,15+,18+,21+/m1/s1. The normalized spacial score (nSPS) is 25.2. The Morgan fingerprint density at radius 1 is 1.28 bits per heavy atom. The van der Waals surface area contributed by atoms with Gasteiger partial charge in [0.05, 0.1) is 29.7 Å². The highest BCUT2D eigenvalue weighted by Gasteiger charge is 2.31. The monoisotopic (exact) mass is 392 g/mol. The number of amides is 1. The minimum atomic E-state index is -0.549. The van der Waals surface area contributed by atoms with E-state index in [4.69, 9.17) is 0 Å². The first-order valence-corrected chi connectivity index (χ1v) is 10.5. The van der Waals surface area contributed by atoms with E-state index in [0.29, 0.717) is 18.4 Å². The molecule has 0 unspecified atom stereocenters. The van der Waals surface area contributed by atoms with Crippen LogP contribution in [0.4, 0.5) is 0 Å². The number of nitrogens with zero attached hydrogens (tertiary/aromatic N) is 4. The van der Waals surface area contributed by atoms with E-state index >= 15 is 0 Å². The number of carbonyl (C=O) groups excluding carboxylic acids is 1. The number of hydrogen-bond acceptors (Lipinski definition) is 5. The smallest absolute Gasteiger partial charge is 0.238 e. The van der Waals surface area contributed by atoms with Crippen molar-refractivity contribution in [3.05, 3.63) is 41.7 Å². The molecular formula is C22H28N6O. The van der Waals surface area contributed by atoms with Gasteiger partial charge in [0.25, 0.3) is 0 Å². The lowest BCUT2D eigenvalue weighted by atomic mass is 9.88. The van der Waals surface area contributed by atoms with Crippen LogP contribution in [0.25, 0.3) is 5.69 Å². The van der Waals surface area contributed by atoms with Crippen molar-refractivity contribution >= 4 is 5.91 Å². The second-order valence-electron chi connectivity index (χ2n) is 8.52. The molecule has 1 saturated heterocycles. The third kappa shape index (κ3) is 4.65. The second kappa shape index (κ2) is 8.34. The minimum Gasteiger partial charge on any atom is -0.339 e. The molecule has 152 valence electrons. The lowest BCUT2D eigenvalue weighted by Crippen LogP contribution is -2.55. The fourth-order valence-corrected chi connectivity index (χ4v) is 3.95. The van der Waals surface area contributed by atoms with Gasteiger partial charge in [0, 0.05) is 18.4 Å². The minimum absolute atomic E-state index is 0.0811. The Labute approximate surface area is 171 Å². The maximum atomic E-state index is 12.7. The van der Waals surface area contributed by atoms with Crippen molar-refractivity contribution in [3.8, 4) is 11.8 Å². The zero-order valence-corrected chi connectivity index (χ0v) is 17.0. The molecule has 2 heterocycles. The molecule has 2 fully saturated rings. The number of aromatic nitrogens is 3. The maximum Gasteiger partial charge on any atom is 0.238 e. The summed E-state index contributed by atoms with van der Waals surface area (Å²) in [5.41, 5.74) is 3.00. The molecule has 7 nitrogen and oxygen atoms in total. The van der Waals surface area contributed by atoms with Gasteiger partial charge in [0.2, 0.25) is 5.91 Å². The van der Waals surface area contributed by atoms with Gasteiger partial charge in [-0.2, -0.15) is 5.26 Å². The molecule has 7 heteroatoms. The van der Waals surface area contributed by atoms with Crippen molar-refractivity contribution in [2.45, 2.75) is 70.0 Å². The zero-order valence-electron chi connectivity index (χ0n) is 17.0. The highest BCUT2D eigenvalue weighted by molar-refractivity contribution is 5.82. The third-order valence-corrected chi connectivity index (χ3v) is 5.99. The molecular weight excluding hydrogens is 364 g/mol. The van der Waals surface area contributed by atoms with E-state index in [0.717, 1.165) is 29.8 Å². The first-order chi connectivity index (χ1) is 14.0. The predicted octanol–water partition coefficient (Wildman–Crippen LogP) is 2.47. The quantitative estimate of drug-likeness (QED) is 0.787. The topological polar surface area (TPSA) is 95.6 Å². The number of benzene rings is 1. The molecule has 1 aromatic carbocycles. The van der Waals surface area contributed by atoms with Crippen molar-refractivity contribution in [1.29, 1.82) is 5.26 Å². The van der Waals surface area contributed by atoms with Crippen LogP contribution in [0.1, 0.15) is 56.7 Å². The van der Waals surface area contributed by atoms with Gasteiger partial charge in [-0.05, 0) is 56.2 Å². The molecule has 1 aliphatic heterocycles. The molecule has 2 aliphatic rings. The molecule has 2 N–H and O–H groups in total. The Hall–Kier alpha value is -2.72. The van der Waals surface area contributed by atoms with Crippen molar-refractivity contribution in [3.63, 3.8) is 0 Å². The summed E-state index contributed by atoms with van der Waals surface area (Å²) in [5, 5.41) is 24.3. The largest absolute Gasteiger partial charge is 0.339 e. The molecule has 4 atom stereocenters. The predicted molar refractivity (Wildman–Crippen MR) is 109 cm³/mol. The first kappa shape index (κ1) is 19.6. The Kier molecular flexibility index (Phi) is 5.63. The molecule has 0 radical (unpaired) electrons. The fraction of sp³-hybridized carbons (Fsp3) is 0.545. The molecule has 1 aliphatic carbocycles. The van der Waals surface area contributed by atoms with Crippen LogP contribution in [0, 0.1) is 17.2 Å². The number of piperidine rings is 1. The Morgan fingerprint density at radius 3 is 2.72 bits per heavy atom. The summed E-state index contributed by atoms with van der Waals surface area (Å²) in [6.45, 7) is 4.18. The molecule has 2 aromatic rings. The average molecular weight is 393 g/mol. The summed E-state index contributed by atoms with van der Waals surface area (Å²) in [6.07, 6.45) is 6.97. The summed E-state index contributed by atoms with van der Waals surface area (Å²) >= 11 is 0. The SMILES string of the molecule is C[C@@H]1CC[C@H](C)N[C@@H]1C(=O)N[C@H](C#N)Cc1ccc(-n2cc(C3CC3)nn2)cc1. The molecule has 0 bridgehead atoms. The van der Waals surface area contributed by atoms with Crippen molar-refractivity contribution in [2.75, 3.05) is 0 Å². The van der Waals surface area contributed by atoms with Gasteiger partial charge in [-0.25, -0.2) is 4.68 Å². The summed E-state index contributed by atoms with van der Waals surface area (Å²) in [5.74, 6) is 0.767. The van der Waals surface area contributed by atoms with Crippen molar-refractivity contribution in [2.24, 2.45) is 5.92 Å². The van der Waals surface area contributed by atoms with Gasteiger partial charge in [0.1, 0.15) is 6.04 Å². The van der Waals surface area contributed by atoms with Crippen LogP contribution in [0.5, 0.6) is 0 Å². The van der Waals surface area contributed by atoms with E-state index in [2.05, 4.69) is 40.9 Å². The molecule has 1 aromatic heterocycles. The Morgan fingerprint density at radius 2 is 2.03 bits per heavy atom. The molecule has 4 rings (SSSR count). The van der Waals surface area contributed by atoms with E-state index in [1.54, 1.807) is 4.68 Å². The summed E-state index contributed by atoms with van der Waals surface area (Å²) in [4.78, 5) is 12.7. The average Bonchev–Trinajstić information content (AvgIpc) is 3.46. The lowest BCUT2D eigenvalue weighted by molar-refractivity contribution is -0.125. The zero-order chi connectivity index (χ0) is 20.4.